The van der Waals surface area contributed by atoms with Gasteiger partial charge in [-0.05, 0) is 48.9 Å². The van der Waals surface area contributed by atoms with Crippen molar-refractivity contribution in [3.63, 3.8) is 0 Å². The van der Waals surface area contributed by atoms with Gasteiger partial charge in [-0.2, -0.15) is 0 Å². The first-order chi connectivity index (χ1) is 10.1. The van der Waals surface area contributed by atoms with E-state index < -0.39 is 0 Å². The number of nitrogens with zero attached hydrogens (tertiary/aromatic N) is 2. The minimum Gasteiger partial charge on any atom is -0.322 e. The molecule has 3 rings (SSSR count). The Balaban J connectivity index is 1.89. The van der Waals surface area contributed by atoms with Crippen molar-refractivity contribution in [2.75, 3.05) is 5.32 Å². The highest BCUT2D eigenvalue weighted by molar-refractivity contribution is 6.05. The number of hydrogen-bond acceptors (Lipinski definition) is 3. The molecule has 0 saturated carbocycles. The maximum Gasteiger partial charge on any atom is 0.255 e. The lowest BCUT2D eigenvalue weighted by Gasteiger charge is -2.08. The molecule has 1 heterocycles. The van der Waals surface area contributed by atoms with Crippen LogP contribution in [0.15, 0.2) is 48.8 Å². The molecule has 1 aromatic heterocycles. The Bertz CT molecular complexity index is 833. The Morgan fingerprint density at radius 2 is 1.81 bits per heavy atom. The smallest absolute Gasteiger partial charge is 0.255 e. The van der Waals surface area contributed by atoms with Gasteiger partial charge in [0.05, 0.1) is 11.0 Å². The van der Waals surface area contributed by atoms with E-state index in [4.69, 9.17) is 0 Å². The van der Waals surface area contributed by atoms with Crippen LogP contribution in [0.25, 0.3) is 11.0 Å². The van der Waals surface area contributed by atoms with Gasteiger partial charge < -0.3 is 5.32 Å². The zero-order valence-electron chi connectivity index (χ0n) is 11.3. The Morgan fingerprint density at radius 3 is 2.57 bits per heavy atom. The molecule has 0 unspecified atom stereocenters. The minimum atomic E-state index is -0.356. The lowest BCUT2D eigenvalue weighted by Crippen LogP contribution is -2.13. The van der Waals surface area contributed by atoms with Crippen molar-refractivity contribution < 1.29 is 9.18 Å². The number of hydrogen-bond donors (Lipinski definition) is 1. The van der Waals surface area contributed by atoms with Gasteiger partial charge in [0, 0.05) is 23.6 Å². The van der Waals surface area contributed by atoms with E-state index in [1.807, 2.05) is 0 Å². The van der Waals surface area contributed by atoms with Gasteiger partial charge in [-0.25, -0.2) is 4.39 Å². The number of halogens is 1. The second kappa shape index (κ2) is 5.28. The highest BCUT2D eigenvalue weighted by Gasteiger charge is 2.10. The topological polar surface area (TPSA) is 54.9 Å². The SMILES string of the molecule is Cc1cc(F)ccc1C(=O)Nc1ccc2nccnc2c1. The molecule has 0 aliphatic rings. The van der Waals surface area contributed by atoms with Gasteiger partial charge in [0.1, 0.15) is 5.82 Å². The summed E-state index contributed by atoms with van der Waals surface area (Å²) in [7, 11) is 0. The average molecular weight is 281 g/mol. The van der Waals surface area contributed by atoms with Gasteiger partial charge in [0.2, 0.25) is 0 Å². The first kappa shape index (κ1) is 13.2. The number of aryl methyl sites for hydroxylation is 1. The third-order valence-corrected chi connectivity index (χ3v) is 3.16. The van der Waals surface area contributed by atoms with Crippen molar-refractivity contribution in [2.45, 2.75) is 6.92 Å². The Labute approximate surface area is 120 Å². The van der Waals surface area contributed by atoms with Gasteiger partial charge in [-0.3, -0.25) is 14.8 Å². The number of rotatable bonds is 2. The van der Waals surface area contributed by atoms with E-state index in [1.165, 1.54) is 18.2 Å². The molecule has 0 atom stereocenters. The molecule has 0 spiro atoms. The number of nitrogens with one attached hydrogen (secondary N) is 1. The predicted octanol–water partition coefficient (Wildman–Crippen LogP) is 3.33. The van der Waals surface area contributed by atoms with E-state index >= 15 is 0 Å². The van der Waals surface area contributed by atoms with E-state index in [0.29, 0.717) is 22.3 Å². The van der Waals surface area contributed by atoms with Crippen molar-refractivity contribution >= 4 is 22.6 Å². The molecule has 0 bridgehead atoms. The fourth-order valence-corrected chi connectivity index (χ4v) is 2.12. The fraction of sp³-hybridized carbons (Fsp3) is 0.0625. The maximum atomic E-state index is 13.1. The third kappa shape index (κ3) is 2.72. The minimum absolute atomic E-state index is 0.282. The molecule has 0 fully saturated rings. The van der Waals surface area contributed by atoms with E-state index in [2.05, 4.69) is 15.3 Å². The monoisotopic (exact) mass is 281 g/mol. The molecule has 0 radical (unpaired) electrons. The molecule has 0 aliphatic heterocycles. The van der Waals surface area contributed by atoms with Gasteiger partial charge in [0.15, 0.2) is 0 Å². The zero-order valence-corrected chi connectivity index (χ0v) is 11.3. The van der Waals surface area contributed by atoms with Gasteiger partial charge in [-0.15, -0.1) is 0 Å². The van der Waals surface area contributed by atoms with Crippen LogP contribution in [0.1, 0.15) is 15.9 Å². The van der Waals surface area contributed by atoms with Crippen LogP contribution in [-0.2, 0) is 0 Å². The Hall–Kier alpha value is -2.82. The number of fused-ring (bicyclic) bond motifs is 1. The molecule has 0 saturated heterocycles. The first-order valence-corrected chi connectivity index (χ1v) is 6.42. The van der Waals surface area contributed by atoms with Crippen molar-refractivity contribution in [2.24, 2.45) is 0 Å². The molecule has 1 amide bonds. The average Bonchev–Trinajstić information content (AvgIpc) is 2.47. The molecule has 3 aromatic rings. The van der Waals surface area contributed by atoms with Crippen LogP contribution in [-0.4, -0.2) is 15.9 Å². The Kier molecular flexibility index (Phi) is 3.31. The van der Waals surface area contributed by atoms with E-state index in [-0.39, 0.29) is 11.7 Å². The van der Waals surface area contributed by atoms with Crippen LogP contribution >= 0.6 is 0 Å². The number of carbonyl (C=O) groups is 1. The molecule has 0 aliphatic carbocycles. The molecule has 4 nitrogen and oxygen atoms in total. The molecule has 104 valence electrons. The van der Waals surface area contributed by atoms with E-state index in [9.17, 15) is 9.18 Å². The number of benzene rings is 2. The van der Waals surface area contributed by atoms with Crippen molar-refractivity contribution in [1.82, 2.24) is 9.97 Å². The number of aromatic nitrogens is 2. The standard InChI is InChI=1S/C16H12FN3O/c1-10-8-11(17)2-4-13(10)16(21)20-12-3-5-14-15(9-12)19-7-6-18-14/h2-9H,1H3,(H,20,21). The van der Waals surface area contributed by atoms with Gasteiger partial charge in [0.25, 0.3) is 5.91 Å². The zero-order chi connectivity index (χ0) is 14.8. The summed E-state index contributed by atoms with van der Waals surface area (Å²) in [5, 5.41) is 2.78. The second-order valence-corrected chi connectivity index (χ2v) is 4.67. The summed E-state index contributed by atoms with van der Waals surface area (Å²) >= 11 is 0. The third-order valence-electron chi connectivity index (χ3n) is 3.16. The van der Waals surface area contributed by atoms with Crippen LogP contribution < -0.4 is 5.32 Å². The Morgan fingerprint density at radius 1 is 1.05 bits per heavy atom. The lowest BCUT2D eigenvalue weighted by atomic mass is 10.1. The highest BCUT2D eigenvalue weighted by Crippen LogP contribution is 2.17. The second-order valence-electron chi connectivity index (χ2n) is 4.67. The van der Waals surface area contributed by atoms with Crippen LogP contribution in [0, 0.1) is 12.7 Å². The van der Waals surface area contributed by atoms with Crippen LogP contribution in [0.3, 0.4) is 0 Å². The van der Waals surface area contributed by atoms with E-state index in [0.717, 1.165) is 5.52 Å². The summed E-state index contributed by atoms with van der Waals surface area (Å²) < 4.78 is 13.1. The molecule has 2 aromatic carbocycles. The summed E-state index contributed by atoms with van der Waals surface area (Å²) in [5.74, 6) is -0.638. The fourth-order valence-electron chi connectivity index (χ4n) is 2.12. The number of amides is 1. The molecular weight excluding hydrogens is 269 g/mol. The maximum absolute atomic E-state index is 13.1. The van der Waals surface area contributed by atoms with E-state index in [1.54, 1.807) is 37.5 Å². The summed E-state index contributed by atoms with van der Waals surface area (Å²) in [6, 6.07) is 9.37. The summed E-state index contributed by atoms with van der Waals surface area (Å²) in [6.07, 6.45) is 3.21. The van der Waals surface area contributed by atoms with Crippen LogP contribution in [0.5, 0.6) is 0 Å². The normalized spacial score (nSPS) is 10.6. The predicted molar refractivity (Wildman–Crippen MR) is 78.6 cm³/mol. The summed E-state index contributed by atoms with van der Waals surface area (Å²) in [4.78, 5) is 20.6. The lowest BCUT2D eigenvalue weighted by molar-refractivity contribution is 0.102. The largest absolute Gasteiger partial charge is 0.322 e. The van der Waals surface area contributed by atoms with Crippen molar-refractivity contribution in [3.05, 3.63) is 65.7 Å². The summed E-state index contributed by atoms with van der Waals surface area (Å²) in [6.45, 7) is 1.70. The first-order valence-electron chi connectivity index (χ1n) is 6.42. The van der Waals surface area contributed by atoms with Crippen molar-refractivity contribution in [1.29, 1.82) is 0 Å². The van der Waals surface area contributed by atoms with Crippen LogP contribution in [0.4, 0.5) is 10.1 Å². The molecular formula is C16H12FN3O. The summed E-state index contributed by atoms with van der Waals surface area (Å²) in [5.41, 5.74) is 3.11. The highest BCUT2D eigenvalue weighted by atomic mass is 19.1. The van der Waals surface area contributed by atoms with Crippen molar-refractivity contribution in [3.8, 4) is 0 Å². The molecule has 1 N–H and O–H groups in total. The molecule has 21 heavy (non-hydrogen) atoms. The van der Waals surface area contributed by atoms with Gasteiger partial charge >= 0.3 is 0 Å². The number of carbonyl (C=O) groups excluding carboxylic acids is 1. The van der Waals surface area contributed by atoms with Crippen LogP contribution in [0.2, 0.25) is 0 Å². The number of anilines is 1. The molecule has 5 heteroatoms. The van der Waals surface area contributed by atoms with Gasteiger partial charge in [-0.1, -0.05) is 0 Å². The quantitative estimate of drug-likeness (QED) is 0.784.